The second-order valence-electron chi connectivity index (χ2n) is 14.0. The van der Waals surface area contributed by atoms with Gasteiger partial charge in [-0.2, -0.15) is 0 Å². The molecule has 1 fully saturated rings. The van der Waals surface area contributed by atoms with Gasteiger partial charge in [0.2, 0.25) is 0 Å². The summed E-state index contributed by atoms with van der Waals surface area (Å²) in [6, 6.07) is 0. The van der Waals surface area contributed by atoms with E-state index in [1.165, 1.54) is 141 Å². The topological polar surface area (TPSA) is 52.6 Å². The molecule has 0 N–H and O–H groups in total. The van der Waals surface area contributed by atoms with E-state index in [1.54, 1.807) is 0 Å². The van der Waals surface area contributed by atoms with Crippen molar-refractivity contribution in [1.29, 1.82) is 0 Å². The second kappa shape index (κ2) is 33.3. The van der Waals surface area contributed by atoms with Crippen LogP contribution in [0, 0.1) is 0 Å². The van der Waals surface area contributed by atoms with Crippen LogP contribution in [-0.2, 0) is 19.1 Å². The van der Waals surface area contributed by atoms with Crippen LogP contribution in [0.25, 0.3) is 0 Å². The summed E-state index contributed by atoms with van der Waals surface area (Å²) in [5, 5.41) is 0. The van der Waals surface area contributed by atoms with E-state index in [0.29, 0.717) is 12.8 Å². The van der Waals surface area contributed by atoms with E-state index in [1.807, 2.05) is 0 Å². The summed E-state index contributed by atoms with van der Waals surface area (Å²) in [7, 11) is 0. The quantitative estimate of drug-likeness (QED) is 0.0415. The number of rotatable bonds is 32. The zero-order valence-electron chi connectivity index (χ0n) is 30.7. The van der Waals surface area contributed by atoms with Gasteiger partial charge in [0.15, 0.2) is 0 Å². The van der Waals surface area contributed by atoms with Gasteiger partial charge in [-0.1, -0.05) is 141 Å². The molecule has 0 radical (unpaired) electrons. The third kappa shape index (κ3) is 27.5. The molecule has 46 heavy (non-hydrogen) atoms. The lowest BCUT2D eigenvalue weighted by Crippen LogP contribution is -2.37. The Morgan fingerprint density at radius 3 is 1.04 bits per heavy atom. The molecule has 1 rings (SSSR count). The SMILES string of the molecule is CCCCCCCCC=CCCCCCCCC(=O)OC1CCCCC1OC(=O)CCCCCCCC=CCCCCCCCC. The number of carbonyl (C=O) groups is 2. The Balaban J connectivity index is 2.00. The number of esters is 2. The van der Waals surface area contributed by atoms with Gasteiger partial charge in [-0.15, -0.1) is 0 Å². The maximum Gasteiger partial charge on any atom is 0.306 e. The highest BCUT2D eigenvalue weighted by Gasteiger charge is 2.31. The monoisotopic (exact) mass is 645 g/mol. The second-order valence-corrected chi connectivity index (χ2v) is 14.0. The van der Waals surface area contributed by atoms with Crippen LogP contribution in [0.4, 0.5) is 0 Å². The minimum absolute atomic E-state index is 0.122. The van der Waals surface area contributed by atoms with Crippen LogP contribution < -0.4 is 0 Å². The van der Waals surface area contributed by atoms with E-state index in [0.717, 1.165) is 51.4 Å². The number of unbranched alkanes of at least 4 members (excludes halogenated alkanes) is 22. The molecule has 1 aliphatic carbocycles. The molecule has 0 heterocycles. The summed E-state index contributed by atoms with van der Waals surface area (Å²) in [5.41, 5.74) is 0. The average molecular weight is 645 g/mol. The molecule has 2 atom stereocenters. The molecule has 0 aromatic carbocycles. The van der Waals surface area contributed by atoms with E-state index in [-0.39, 0.29) is 24.1 Å². The van der Waals surface area contributed by atoms with Crippen LogP contribution in [0.3, 0.4) is 0 Å². The highest BCUT2D eigenvalue weighted by Crippen LogP contribution is 2.25. The van der Waals surface area contributed by atoms with Gasteiger partial charge in [-0.25, -0.2) is 0 Å². The maximum absolute atomic E-state index is 12.5. The predicted octanol–water partition coefficient (Wildman–Crippen LogP) is 13.5. The van der Waals surface area contributed by atoms with Gasteiger partial charge in [0.1, 0.15) is 12.2 Å². The molecule has 0 saturated heterocycles. The van der Waals surface area contributed by atoms with Crippen molar-refractivity contribution in [1.82, 2.24) is 0 Å². The molecule has 0 amide bonds. The van der Waals surface area contributed by atoms with E-state index in [2.05, 4.69) is 38.2 Å². The molecule has 0 bridgehead atoms. The predicted molar refractivity (Wildman–Crippen MR) is 197 cm³/mol. The zero-order chi connectivity index (χ0) is 33.2. The minimum atomic E-state index is -0.262. The molecule has 4 nitrogen and oxygen atoms in total. The fourth-order valence-electron chi connectivity index (χ4n) is 6.47. The van der Waals surface area contributed by atoms with Gasteiger partial charge >= 0.3 is 11.9 Å². The highest BCUT2D eigenvalue weighted by atomic mass is 16.6. The summed E-state index contributed by atoms with van der Waals surface area (Å²) in [5.74, 6) is -0.245. The van der Waals surface area contributed by atoms with Crippen molar-refractivity contribution in [2.75, 3.05) is 0 Å². The number of ether oxygens (including phenoxy) is 2. The summed E-state index contributed by atoms with van der Waals surface area (Å²) in [6.07, 6.45) is 46.0. The standard InChI is InChI=1S/C42H76O4/c1-3-5-7-9-11-13-15-17-19-21-23-25-27-29-31-37-41(43)45-39-35-33-34-36-40(39)46-42(44)38-32-30-28-26-24-22-20-18-16-14-12-10-8-6-4-2/h17-20,39-40H,3-16,21-38H2,1-2H3. The Morgan fingerprint density at radius 1 is 0.435 bits per heavy atom. The summed E-state index contributed by atoms with van der Waals surface area (Å²) >= 11 is 0. The molecular formula is C42H76O4. The lowest BCUT2D eigenvalue weighted by Gasteiger charge is -2.30. The first-order valence-corrected chi connectivity index (χ1v) is 20.4. The molecule has 0 spiro atoms. The number of allylic oxidation sites excluding steroid dienone is 4. The van der Waals surface area contributed by atoms with Gasteiger partial charge in [0.25, 0.3) is 0 Å². The number of hydrogen-bond donors (Lipinski definition) is 0. The van der Waals surface area contributed by atoms with Crippen LogP contribution in [0.1, 0.15) is 219 Å². The molecule has 2 unspecified atom stereocenters. The minimum Gasteiger partial charge on any atom is -0.458 e. The van der Waals surface area contributed by atoms with Gasteiger partial charge in [0, 0.05) is 12.8 Å². The first-order valence-electron chi connectivity index (χ1n) is 20.4. The fourth-order valence-corrected chi connectivity index (χ4v) is 6.47. The molecule has 0 aromatic heterocycles. The Labute approximate surface area is 286 Å². The Kier molecular flexibility index (Phi) is 30.7. The first-order chi connectivity index (χ1) is 22.7. The van der Waals surface area contributed by atoms with Crippen LogP contribution >= 0.6 is 0 Å². The van der Waals surface area contributed by atoms with Crippen molar-refractivity contribution in [2.45, 2.75) is 232 Å². The first kappa shape index (κ1) is 42.4. The van der Waals surface area contributed by atoms with E-state index in [4.69, 9.17) is 9.47 Å². The van der Waals surface area contributed by atoms with Crippen LogP contribution in [0.2, 0.25) is 0 Å². The molecule has 1 aliphatic rings. The Bertz CT molecular complexity index is 680. The summed E-state index contributed by atoms with van der Waals surface area (Å²) in [6.45, 7) is 4.54. The molecule has 4 heteroatoms. The zero-order valence-corrected chi connectivity index (χ0v) is 30.7. The maximum atomic E-state index is 12.5. The molecule has 0 aliphatic heterocycles. The summed E-state index contributed by atoms with van der Waals surface area (Å²) in [4.78, 5) is 25.1. The van der Waals surface area contributed by atoms with Crippen molar-refractivity contribution >= 4 is 11.9 Å². The summed E-state index contributed by atoms with van der Waals surface area (Å²) < 4.78 is 11.6. The fraction of sp³-hybridized carbons (Fsp3) is 0.857. The largest absolute Gasteiger partial charge is 0.458 e. The van der Waals surface area contributed by atoms with Gasteiger partial charge in [-0.05, 0) is 89.9 Å². The average Bonchev–Trinajstić information content (AvgIpc) is 3.05. The lowest BCUT2D eigenvalue weighted by molar-refractivity contribution is -0.171. The molecule has 0 aromatic rings. The smallest absolute Gasteiger partial charge is 0.306 e. The molecule has 1 saturated carbocycles. The van der Waals surface area contributed by atoms with Crippen LogP contribution in [0.5, 0.6) is 0 Å². The van der Waals surface area contributed by atoms with Crippen molar-refractivity contribution in [3.63, 3.8) is 0 Å². The molecular weight excluding hydrogens is 568 g/mol. The van der Waals surface area contributed by atoms with E-state index in [9.17, 15) is 9.59 Å². The van der Waals surface area contributed by atoms with Gasteiger partial charge in [-0.3, -0.25) is 9.59 Å². The van der Waals surface area contributed by atoms with Crippen molar-refractivity contribution in [2.24, 2.45) is 0 Å². The van der Waals surface area contributed by atoms with Crippen molar-refractivity contribution in [3.8, 4) is 0 Å². The lowest BCUT2D eigenvalue weighted by atomic mass is 9.94. The highest BCUT2D eigenvalue weighted by molar-refractivity contribution is 5.70. The third-order valence-electron chi connectivity index (χ3n) is 9.49. The van der Waals surface area contributed by atoms with Crippen LogP contribution in [0.15, 0.2) is 24.3 Å². The van der Waals surface area contributed by atoms with Gasteiger partial charge < -0.3 is 9.47 Å². The third-order valence-corrected chi connectivity index (χ3v) is 9.49. The normalized spacial score (nSPS) is 16.8. The van der Waals surface area contributed by atoms with E-state index >= 15 is 0 Å². The Hall–Kier alpha value is -1.58. The number of carbonyl (C=O) groups excluding carboxylic acids is 2. The van der Waals surface area contributed by atoms with Gasteiger partial charge in [0.05, 0.1) is 0 Å². The molecule has 268 valence electrons. The van der Waals surface area contributed by atoms with Crippen LogP contribution in [-0.4, -0.2) is 24.1 Å². The Morgan fingerprint density at radius 2 is 0.717 bits per heavy atom. The number of hydrogen-bond acceptors (Lipinski definition) is 4. The van der Waals surface area contributed by atoms with Crippen molar-refractivity contribution in [3.05, 3.63) is 24.3 Å². The van der Waals surface area contributed by atoms with Crippen molar-refractivity contribution < 1.29 is 19.1 Å². The van der Waals surface area contributed by atoms with E-state index < -0.39 is 0 Å².